The molecule has 0 spiro atoms. The number of carbonyl (C=O) groups is 2. The number of aromatic amines is 1. The van der Waals surface area contributed by atoms with Crippen LogP contribution in [0.25, 0.3) is 22.3 Å². The predicted octanol–water partition coefficient (Wildman–Crippen LogP) is 2.52. The first kappa shape index (κ1) is 43.9. The molecule has 4 aromatic heterocycles. The summed E-state index contributed by atoms with van der Waals surface area (Å²) in [5.74, 6) is -0.997. The molecule has 2 unspecified atom stereocenters. The third kappa shape index (κ3) is 8.78. The van der Waals surface area contributed by atoms with E-state index in [2.05, 4.69) is 40.5 Å². The monoisotopic (exact) mass is 920 g/mol. The average Bonchev–Trinajstić information content (AvgIpc) is 4.03. The Balaban J connectivity index is 1.04. The molecule has 23 nitrogen and oxygen atoms in total. The van der Waals surface area contributed by atoms with Crippen LogP contribution in [-0.4, -0.2) is 111 Å². The van der Waals surface area contributed by atoms with E-state index in [1.54, 1.807) is 38.1 Å². The van der Waals surface area contributed by atoms with Gasteiger partial charge in [0.15, 0.2) is 35.0 Å². The van der Waals surface area contributed by atoms with Crippen LogP contribution in [0.3, 0.4) is 0 Å². The van der Waals surface area contributed by atoms with E-state index in [1.165, 1.54) is 35.0 Å². The van der Waals surface area contributed by atoms with E-state index in [0.29, 0.717) is 11.3 Å². The van der Waals surface area contributed by atoms with Crippen molar-refractivity contribution in [1.82, 2.24) is 44.4 Å². The van der Waals surface area contributed by atoms with Gasteiger partial charge in [-0.15, -0.1) is 0 Å². The van der Waals surface area contributed by atoms with Crippen LogP contribution >= 0.6 is 25.8 Å². The fourth-order valence-electron chi connectivity index (χ4n) is 7.18. The van der Waals surface area contributed by atoms with Crippen LogP contribution in [0.4, 0.5) is 15.9 Å². The molecule has 332 valence electrons. The van der Waals surface area contributed by atoms with Gasteiger partial charge in [-0.05, 0) is 41.9 Å². The number of halogens is 1. The number of carbonyl (C=O) groups excluding carboxylic acids is 2. The molecule has 1 aromatic carbocycles. The molecule has 0 bridgehead atoms. The minimum Gasteiger partial charge on any atom is -0.382 e. The molecule has 3 saturated heterocycles. The van der Waals surface area contributed by atoms with Crippen LogP contribution in [0.1, 0.15) is 45.2 Å². The van der Waals surface area contributed by atoms with Gasteiger partial charge < -0.3 is 46.0 Å². The van der Waals surface area contributed by atoms with E-state index in [4.69, 9.17) is 34.5 Å². The second kappa shape index (κ2) is 17.5. The summed E-state index contributed by atoms with van der Waals surface area (Å²) in [6.07, 6.45) is -3.59. The number of ether oxygens (including phenoxy) is 2. The molecule has 8 rings (SSSR count). The SMILES string of the molecule is CC(C)[C@H](N)C(=O)N[C@@H](C)C(=O)Nc1ccc(CSP2(=O)OC[C@H]3O[C@@H](n4cnc5c(N)ncnc54)[C@H](F)[C@@H]3P(=O)(O)OC[C@H]3O[C@@H](n4cnc5c(=O)[nH]cnc54)C[C@@H]3O2)cc1. The Labute approximate surface area is 355 Å². The highest BCUT2D eigenvalue weighted by Crippen LogP contribution is 2.66. The van der Waals surface area contributed by atoms with Gasteiger partial charge in [-0.25, -0.2) is 33.9 Å². The quantitative estimate of drug-likeness (QED) is 0.110. The van der Waals surface area contributed by atoms with Gasteiger partial charge in [-0.1, -0.05) is 26.0 Å². The average molecular weight is 921 g/mol. The van der Waals surface area contributed by atoms with Crippen molar-refractivity contribution in [2.45, 2.75) is 87.6 Å². The zero-order valence-electron chi connectivity index (χ0n) is 33.2. The summed E-state index contributed by atoms with van der Waals surface area (Å²) in [5.41, 5.74) is 11.0. The van der Waals surface area contributed by atoms with Gasteiger partial charge in [-0.3, -0.25) is 37.1 Å². The van der Waals surface area contributed by atoms with Crippen molar-refractivity contribution in [3.8, 4) is 0 Å². The second-order valence-corrected chi connectivity index (χ2v) is 21.2. The summed E-state index contributed by atoms with van der Waals surface area (Å²) in [5, 5.41) is 5.34. The molecule has 3 fully saturated rings. The number of rotatable bonds is 10. The van der Waals surface area contributed by atoms with Gasteiger partial charge in [0.05, 0.1) is 38.2 Å². The number of H-pyrrole nitrogens is 1. The number of fused-ring (bicyclic) bond motifs is 4. The molecular formula is C35H43FN12O11P2S. The number of anilines is 2. The van der Waals surface area contributed by atoms with E-state index in [-0.39, 0.29) is 46.2 Å². The van der Waals surface area contributed by atoms with E-state index < -0.39 is 99.7 Å². The highest BCUT2D eigenvalue weighted by atomic mass is 32.7. The number of alkyl halides is 1. The number of nitrogens with two attached hydrogens (primary N) is 2. The highest BCUT2D eigenvalue weighted by molar-refractivity contribution is 8.54. The van der Waals surface area contributed by atoms with Gasteiger partial charge in [0, 0.05) is 17.9 Å². The maximum atomic E-state index is 16.6. The maximum Gasteiger partial charge on any atom is 0.389 e. The third-order valence-corrected chi connectivity index (χ3v) is 16.2. The van der Waals surface area contributed by atoms with E-state index in [0.717, 1.165) is 17.7 Å². The summed E-state index contributed by atoms with van der Waals surface area (Å²) < 4.78 is 78.4. The minimum atomic E-state index is -4.95. The first-order chi connectivity index (χ1) is 29.5. The van der Waals surface area contributed by atoms with Gasteiger partial charge in [0.1, 0.15) is 48.1 Å². The van der Waals surface area contributed by atoms with Gasteiger partial charge in [0.25, 0.3) is 5.56 Å². The Kier molecular flexibility index (Phi) is 12.4. The highest BCUT2D eigenvalue weighted by Gasteiger charge is 2.58. The number of imidazole rings is 2. The summed E-state index contributed by atoms with van der Waals surface area (Å²) in [6, 6.07) is 4.92. The number of nitrogens with zero attached hydrogens (tertiary/aromatic N) is 7. The summed E-state index contributed by atoms with van der Waals surface area (Å²) in [7, 11) is -4.95. The van der Waals surface area contributed by atoms with Crippen LogP contribution in [0.15, 0.2) is 54.4 Å². The van der Waals surface area contributed by atoms with Crippen molar-refractivity contribution < 1.29 is 51.0 Å². The molecule has 0 aliphatic carbocycles. The zero-order valence-corrected chi connectivity index (χ0v) is 35.8. The fourth-order valence-corrected chi connectivity index (χ4v) is 12.2. The maximum absolute atomic E-state index is 16.6. The Bertz CT molecular complexity index is 2640. The lowest BCUT2D eigenvalue weighted by Gasteiger charge is -2.24. The standard InChI is InChI=1S/C35H43FN12O11P2S/c1-16(2)25(37)33(50)45-17(3)32(49)46-19-6-4-18(5-7-19)11-62-61(54)56-10-22-28(24(36)35(58-22)48-15-43-26-29(38)39-12-40-30(26)48)60(52,53)55-9-21-20(59-61)8-23(57-21)47-14-44-27-31(47)41-13-42-34(27)51/h4-7,12-17,20-25,28,35H,8-11,37H2,1-3H3,(H,45,50)(H,46,49)(H,52,53)(H2,38,39,40)(H,41,42,51)/t17-,20-,21+,22+,23+,24+,25-,28+,35+,61?/m0/s1. The number of nitrogens with one attached hydrogen (secondary N) is 3. The van der Waals surface area contributed by atoms with Crippen LogP contribution in [-0.2, 0) is 47.5 Å². The Hall–Kier alpha value is -4.68. The molecule has 2 amide bonds. The van der Waals surface area contributed by atoms with Crippen molar-refractivity contribution in [2.24, 2.45) is 11.7 Å². The molecule has 27 heteroatoms. The van der Waals surface area contributed by atoms with E-state index >= 15 is 4.39 Å². The predicted molar refractivity (Wildman–Crippen MR) is 220 cm³/mol. The smallest absolute Gasteiger partial charge is 0.382 e. The van der Waals surface area contributed by atoms with Crippen molar-refractivity contribution in [2.75, 3.05) is 24.3 Å². The molecule has 8 N–H and O–H groups in total. The van der Waals surface area contributed by atoms with E-state index in [1.807, 2.05) is 0 Å². The molecule has 3 aliphatic heterocycles. The molecule has 5 aromatic rings. The lowest BCUT2D eigenvalue weighted by molar-refractivity contribution is -0.127. The molecule has 3 aliphatic rings. The number of aromatic nitrogens is 8. The molecule has 7 heterocycles. The first-order valence-corrected chi connectivity index (χ1v) is 24.1. The summed E-state index contributed by atoms with van der Waals surface area (Å²) in [4.78, 5) is 72.0. The van der Waals surface area contributed by atoms with Gasteiger partial charge >= 0.3 is 14.4 Å². The molecule has 0 radical (unpaired) electrons. The minimum absolute atomic E-state index is 0.0183. The Morgan fingerprint density at radius 3 is 2.44 bits per heavy atom. The second-order valence-electron chi connectivity index (χ2n) is 15.2. The summed E-state index contributed by atoms with van der Waals surface area (Å²) in [6.45, 7) is -0.484. The summed E-state index contributed by atoms with van der Waals surface area (Å²) >= 11 is 0.788. The zero-order chi connectivity index (χ0) is 44.1. The first-order valence-electron chi connectivity index (χ1n) is 19.3. The topological polar surface area (TPSA) is 318 Å². The van der Waals surface area contributed by atoms with Crippen LogP contribution in [0.5, 0.6) is 0 Å². The number of hydrogen-bond donors (Lipinski definition) is 6. The number of hydrogen-bond acceptors (Lipinski definition) is 18. The van der Waals surface area contributed by atoms with Gasteiger partial charge in [-0.2, -0.15) is 0 Å². The van der Waals surface area contributed by atoms with Crippen LogP contribution < -0.4 is 27.7 Å². The lowest BCUT2D eigenvalue weighted by Crippen LogP contribution is -2.50. The largest absolute Gasteiger partial charge is 0.389 e. The lowest BCUT2D eigenvalue weighted by atomic mass is 10.0. The number of nitrogen functional groups attached to an aromatic ring is 1. The number of benzene rings is 1. The van der Waals surface area contributed by atoms with E-state index in [9.17, 15) is 28.4 Å². The Morgan fingerprint density at radius 1 is 0.968 bits per heavy atom. The molecular weight excluding hydrogens is 877 g/mol. The van der Waals surface area contributed by atoms with Crippen molar-refractivity contribution in [3.63, 3.8) is 0 Å². The molecule has 62 heavy (non-hydrogen) atoms. The normalized spacial score (nSPS) is 30.1. The van der Waals surface area contributed by atoms with Crippen molar-refractivity contribution >= 4 is 71.4 Å². The fraction of sp³-hybridized carbons (Fsp3) is 0.486. The number of amides is 2. The van der Waals surface area contributed by atoms with Gasteiger partial charge in [0.2, 0.25) is 11.8 Å². The van der Waals surface area contributed by atoms with Crippen molar-refractivity contribution in [3.05, 3.63) is 65.5 Å². The Morgan fingerprint density at radius 2 is 1.68 bits per heavy atom. The van der Waals surface area contributed by atoms with Crippen molar-refractivity contribution in [1.29, 1.82) is 0 Å². The van der Waals surface area contributed by atoms with Crippen LogP contribution in [0, 0.1) is 5.92 Å². The third-order valence-electron chi connectivity index (χ3n) is 10.7. The molecule has 11 atom stereocenters. The molecule has 0 saturated carbocycles. The van der Waals surface area contributed by atoms with Crippen LogP contribution in [0.2, 0.25) is 0 Å².